The molecule has 0 radical (unpaired) electrons. The monoisotopic (exact) mass is 586 g/mol. The standard InChI is InChI=1S/C44H30N2/c1-4-15-31(16-5-1)35-25-14-17-32-27-28-42-44(43(32)35)38-24-12-13-26-39(38)46(42)41-30-29-40(36-22-10-11-23-37(36)41)45(33-18-6-2-7-19-33)34-20-8-3-9-21-34/h1-30H. The van der Waals surface area contributed by atoms with E-state index in [9.17, 15) is 0 Å². The summed E-state index contributed by atoms with van der Waals surface area (Å²) < 4.78 is 2.47. The van der Waals surface area contributed by atoms with Gasteiger partial charge in [0.15, 0.2) is 0 Å². The molecular formula is C44H30N2. The fourth-order valence-electron chi connectivity index (χ4n) is 7.19. The van der Waals surface area contributed by atoms with E-state index < -0.39 is 0 Å². The van der Waals surface area contributed by atoms with Crippen molar-refractivity contribution in [3.05, 3.63) is 182 Å². The molecule has 216 valence electrons. The van der Waals surface area contributed by atoms with E-state index in [1.165, 1.54) is 60.2 Å². The Morgan fingerprint density at radius 3 is 1.70 bits per heavy atom. The Bertz CT molecular complexity index is 2470. The molecule has 0 saturated heterocycles. The molecule has 0 aliphatic heterocycles. The molecule has 1 aromatic heterocycles. The van der Waals surface area contributed by atoms with Gasteiger partial charge >= 0.3 is 0 Å². The van der Waals surface area contributed by atoms with Gasteiger partial charge in [0.1, 0.15) is 0 Å². The van der Waals surface area contributed by atoms with Gasteiger partial charge in [-0.15, -0.1) is 0 Å². The van der Waals surface area contributed by atoms with Crippen LogP contribution in [0.4, 0.5) is 17.1 Å². The van der Waals surface area contributed by atoms with Gasteiger partial charge in [-0.2, -0.15) is 0 Å². The summed E-state index contributed by atoms with van der Waals surface area (Å²) in [6.45, 7) is 0. The second-order valence-electron chi connectivity index (χ2n) is 11.7. The van der Waals surface area contributed by atoms with Crippen molar-refractivity contribution in [2.75, 3.05) is 4.90 Å². The zero-order chi connectivity index (χ0) is 30.5. The van der Waals surface area contributed by atoms with Gasteiger partial charge in [0.2, 0.25) is 0 Å². The molecule has 9 rings (SSSR count). The van der Waals surface area contributed by atoms with E-state index in [4.69, 9.17) is 0 Å². The van der Waals surface area contributed by atoms with E-state index in [2.05, 4.69) is 191 Å². The van der Waals surface area contributed by atoms with Crippen molar-refractivity contribution in [3.8, 4) is 16.8 Å². The minimum Gasteiger partial charge on any atom is -0.310 e. The number of aromatic nitrogens is 1. The predicted molar refractivity (Wildman–Crippen MR) is 196 cm³/mol. The molecule has 0 spiro atoms. The molecular weight excluding hydrogens is 556 g/mol. The van der Waals surface area contributed by atoms with Crippen LogP contribution >= 0.6 is 0 Å². The molecule has 0 amide bonds. The van der Waals surface area contributed by atoms with Gasteiger partial charge in [0, 0.05) is 32.9 Å². The number of anilines is 3. The Kier molecular flexibility index (Phi) is 6.17. The summed E-state index contributed by atoms with van der Waals surface area (Å²) in [7, 11) is 0. The van der Waals surface area contributed by atoms with Gasteiger partial charge in [-0.3, -0.25) is 0 Å². The van der Waals surface area contributed by atoms with Gasteiger partial charge < -0.3 is 9.47 Å². The first-order valence-corrected chi connectivity index (χ1v) is 15.8. The molecule has 0 aliphatic carbocycles. The van der Waals surface area contributed by atoms with Crippen LogP contribution in [0.1, 0.15) is 0 Å². The lowest BCUT2D eigenvalue weighted by Gasteiger charge is -2.27. The zero-order valence-electron chi connectivity index (χ0n) is 25.2. The molecule has 0 aliphatic rings. The summed E-state index contributed by atoms with van der Waals surface area (Å²) in [5.41, 5.74) is 9.47. The Hall–Kier alpha value is -6.12. The van der Waals surface area contributed by atoms with Crippen LogP contribution < -0.4 is 4.90 Å². The number of hydrogen-bond donors (Lipinski definition) is 0. The molecule has 2 heteroatoms. The number of benzene rings is 8. The maximum atomic E-state index is 2.47. The summed E-state index contributed by atoms with van der Waals surface area (Å²) in [6.07, 6.45) is 0. The minimum atomic E-state index is 1.13. The Balaban J connectivity index is 1.36. The van der Waals surface area contributed by atoms with Crippen molar-refractivity contribution in [2.45, 2.75) is 0 Å². The first-order valence-electron chi connectivity index (χ1n) is 15.8. The average molecular weight is 587 g/mol. The molecule has 1 heterocycles. The Labute approximate surface area is 268 Å². The van der Waals surface area contributed by atoms with Crippen LogP contribution in [0.3, 0.4) is 0 Å². The third kappa shape index (κ3) is 4.12. The van der Waals surface area contributed by atoms with E-state index >= 15 is 0 Å². The van der Waals surface area contributed by atoms with Crippen LogP contribution in [0.5, 0.6) is 0 Å². The maximum absolute atomic E-state index is 2.47. The SMILES string of the molecule is c1ccc(-c2cccc3ccc4c(c5ccccc5n4-c4ccc(N(c5ccccc5)c5ccccc5)c5ccccc45)c23)cc1. The molecule has 9 aromatic rings. The highest BCUT2D eigenvalue weighted by atomic mass is 15.1. The number of fused-ring (bicyclic) bond motifs is 6. The van der Waals surface area contributed by atoms with Gasteiger partial charge in [0.05, 0.1) is 22.4 Å². The third-order valence-electron chi connectivity index (χ3n) is 9.15. The van der Waals surface area contributed by atoms with Crippen molar-refractivity contribution in [1.29, 1.82) is 0 Å². The second-order valence-corrected chi connectivity index (χ2v) is 11.7. The molecule has 0 N–H and O–H groups in total. The third-order valence-corrected chi connectivity index (χ3v) is 9.15. The lowest BCUT2D eigenvalue weighted by atomic mass is 9.94. The number of para-hydroxylation sites is 3. The van der Waals surface area contributed by atoms with E-state index in [0.29, 0.717) is 0 Å². The predicted octanol–water partition coefficient (Wildman–Crippen LogP) is 12.2. The van der Waals surface area contributed by atoms with Crippen molar-refractivity contribution in [1.82, 2.24) is 4.57 Å². The largest absolute Gasteiger partial charge is 0.310 e. The molecule has 0 fully saturated rings. The van der Waals surface area contributed by atoms with E-state index in [1.54, 1.807) is 0 Å². The maximum Gasteiger partial charge on any atom is 0.0548 e. The quantitative estimate of drug-likeness (QED) is 0.195. The fraction of sp³-hybridized carbons (Fsp3) is 0. The topological polar surface area (TPSA) is 8.17 Å². The van der Waals surface area contributed by atoms with Crippen molar-refractivity contribution in [2.24, 2.45) is 0 Å². The van der Waals surface area contributed by atoms with Crippen molar-refractivity contribution >= 4 is 60.4 Å². The molecule has 2 nitrogen and oxygen atoms in total. The number of nitrogens with zero attached hydrogens (tertiary/aromatic N) is 2. The van der Waals surface area contributed by atoms with E-state index in [1.807, 2.05) is 0 Å². The summed E-state index contributed by atoms with van der Waals surface area (Å²) in [4.78, 5) is 2.36. The first-order chi connectivity index (χ1) is 22.9. The summed E-state index contributed by atoms with van der Waals surface area (Å²) >= 11 is 0. The lowest BCUT2D eigenvalue weighted by Crippen LogP contribution is -2.10. The molecule has 0 unspecified atom stereocenters. The molecule has 0 atom stereocenters. The summed E-state index contributed by atoms with van der Waals surface area (Å²) in [5, 5.41) is 7.49. The van der Waals surface area contributed by atoms with Crippen LogP contribution in [0.15, 0.2) is 182 Å². The van der Waals surface area contributed by atoms with Crippen molar-refractivity contribution < 1.29 is 0 Å². The van der Waals surface area contributed by atoms with Crippen LogP contribution in [0, 0.1) is 0 Å². The van der Waals surface area contributed by atoms with Crippen LogP contribution in [0.25, 0.3) is 60.2 Å². The number of rotatable bonds is 5. The highest BCUT2D eigenvalue weighted by Crippen LogP contribution is 2.44. The van der Waals surface area contributed by atoms with E-state index in [0.717, 1.165) is 17.1 Å². The second kappa shape index (κ2) is 10.8. The summed E-state index contributed by atoms with van der Waals surface area (Å²) in [5.74, 6) is 0. The van der Waals surface area contributed by atoms with Gasteiger partial charge in [0.25, 0.3) is 0 Å². The molecule has 46 heavy (non-hydrogen) atoms. The summed E-state index contributed by atoms with van der Waals surface area (Å²) in [6, 6.07) is 65.5. The number of hydrogen-bond acceptors (Lipinski definition) is 1. The van der Waals surface area contributed by atoms with Gasteiger partial charge in [-0.05, 0) is 70.4 Å². The van der Waals surface area contributed by atoms with Crippen molar-refractivity contribution in [3.63, 3.8) is 0 Å². The van der Waals surface area contributed by atoms with Crippen LogP contribution in [-0.4, -0.2) is 4.57 Å². The Morgan fingerprint density at radius 1 is 0.370 bits per heavy atom. The highest BCUT2D eigenvalue weighted by molar-refractivity contribution is 6.25. The van der Waals surface area contributed by atoms with Gasteiger partial charge in [-0.25, -0.2) is 0 Å². The smallest absolute Gasteiger partial charge is 0.0548 e. The van der Waals surface area contributed by atoms with E-state index in [-0.39, 0.29) is 0 Å². The van der Waals surface area contributed by atoms with Crippen LogP contribution in [-0.2, 0) is 0 Å². The highest BCUT2D eigenvalue weighted by Gasteiger charge is 2.21. The molecule has 0 saturated carbocycles. The average Bonchev–Trinajstić information content (AvgIpc) is 3.47. The Morgan fingerprint density at radius 2 is 0.978 bits per heavy atom. The normalized spacial score (nSPS) is 11.5. The first kappa shape index (κ1) is 26.3. The molecule has 0 bridgehead atoms. The molecule has 8 aromatic carbocycles. The minimum absolute atomic E-state index is 1.13. The van der Waals surface area contributed by atoms with Crippen LogP contribution in [0.2, 0.25) is 0 Å². The zero-order valence-corrected chi connectivity index (χ0v) is 25.2. The lowest BCUT2D eigenvalue weighted by molar-refractivity contribution is 1.19. The fourth-order valence-corrected chi connectivity index (χ4v) is 7.19. The van der Waals surface area contributed by atoms with Gasteiger partial charge in [-0.1, -0.05) is 133 Å².